The second-order valence-electron chi connectivity index (χ2n) is 5.90. The zero-order valence-corrected chi connectivity index (χ0v) is 14.0. The van der Waals surface area contributed by atoms with Crippen molar-refractivity contribution < 1.29 is 4.79 Å². The summed E-state index contributed by atoms with van der Waals surface area (Å²) < 4.78 is 1.70. The fourth-order valence-electron chi connectivity index (χ4n) is 2.44. The van der Waals surface area contributed by atoms with Crippen LogP contribution in [0.15, 0.2) is 42.5 Å². The molecule has 0 atom stereocenters. The van der Waals surface area contributed by atoms with Crippen LogP contribution in [0.25, 0.3) is 17.8 Å². The molecular formula is C20H19N3O. The molecule has 4 heteroatoms. The Bertz CT molecular complexity index is 905. The number of carbonyl (C=O) groups is 1. The Morgan fingerprint density at radius 2 is 1.67 bits per heavy atom. The van der Waals surface area contributed by atoms with E-state index in [0.717, 1.165) is 17.5 Å². The molecule has 0 N–H and O–H groups in total. The average Bonchev–Trinajstić information content (AvgIpc) is 3.00. The lowest BCUT2D eigenvalue weighted by Crippen LogP contribution is -2.00. The molecule has 3 rings (SSSR count). The minimum Gasteiger partial charge on any atom is -0.296 e. The number of nitrogens with zero attached hydrogens (tertiary/aromatic N) is 3. The molecule has 4 nitrogen and oxygen atoms in total. The largest absolute Gasteiger partial charge is 0.296 e. The smallest absolute Gasteiger partial charge is 0.172 e. The number of aromatic nitrogens is 3. The van der Waals surface area contributed by atoms with Gasteiger partial charge in [-0.05, 0) is 55.7 Å². The van der Waals surface area contributed by atoms with Crippen molar-refractivity contribution in [2.45, 2.75) is 20.8 Å². The van der Waals surface area contributed by atoms with Gasteiger partial charge in [0.1, 0.15) is 0 Å². The molecule has 0 radical (unpaired) electrons. The van der Waals surface area contributed by atoms with Crippen molar-refractivity contribution in [3.8, 4) is 5.69 Å². The number of aldehydes is 1. The molecule has 1 aromatic heterocycles. The summed E-state index contributed by atoms with van der Waals surface area (Å²) in [5.41, 5.74) is 6.55. The molecular weight excluding hydrogens is 298 g/mol. The first kappa shape index (κ1) is 15.9. The van der Waals surface area contributed by atoms with E-state index in [2.05, 4.69) is 43.2 Å². The van der Waals surface area contributed by atoms with Crippen LogP contribution in [-0.4, -0.2) is 21.3 Å². The maximum Gasteiger partial charge on any atom is 0.172 e. The van der Waals surface area contributed by atoms with Crippen molar-refractivity contribution in [1.82, 2.24) is 15.0 Å². The summed E-state index contributed by atoms with van der Waals surface area (Å²) >= 11 is 0. The van der Waals surface area contributed by atoms with Gasteiger partial charge in [-0.1, -0.05) is 47.2 Å². The van der Waals surface area contributed by atoms with Gasteiger partial charge < -0.3 is 0 Å². The number of carbonyl (C=O) groups excluding carboxylic acids is 1. The topological polar surface area (TPSA) is 47.8 Å². The highest BCUT2D eigenvalue weighted by Gasteiger charge is 2.11. The Kier molecular flexibility index (Phi) is 4.38. The normalized spacial score (nSPS) is 11.1. The predicted octanol–water partition coefficient (Wildman–Crippen LogP) is 4.18. The van der Waals surface area contributed by atoms with Crippen LogP contribution in [0.4, 0.5) is 0 Å². The summed E-state index contributed by atoms with van der Waals surface area (Å²) in [7, 11) is 0. The molecule has 0 unspecified atom stereocenters. The van der Waals surface area contributed by atoms with Crippen LogP contribution in [0.1, 0.15) is 38.4 Å². The van der Waals surface area contributed by atoms with Gasteiger partial charge in [-0.15, -0.1) is 5.10 Å². The fourth-order valence-corrected chi connectivity index (χ4v) is 2.44. The molecule has 120 valence electrons. The van der Waals surface area contributed by atoms with E-state index in [1.807, 2.05) is 42.5 Å². The van der Waals surface area contributed by atoms with E-state index in [1.165, 1.54) is 16.7 Å². The Hall–Kier alpha value is -3.01. The summed E-state index contributed by atoms with van der Waals surface area (Å²) in [4.78, 5) is 11.3. The Labute approximate surface area is 141 Å². The highest BCUT2D eigenvalue weighted by Crippen LogP contribution is 2.18. The third kappa shape index (κ3) is 3.18. The second kappa shape index (κ2) is 6.62. The highest BCUT2D eigenvalue weighted by atomic mass is 16.1. The minimum atomic E-state index is 0.330. The lowest BCUT2D eigenvalue weighted by molar-refractivity contribution is 0.111. The Morgan fingerprint density at radius 1 is 0.917 bits per heavy atom. The van der Waals surface area contributed by atoms with Gasteiger partial charge in [-0.25, -0.2) is 4.68 Å². The molecule has 0 aliphatic rings. The van der Waals surface area contributed by atoms with Gasteiger partial charge in [0.05, 0.1) is 11.4 Å². The van der Waals surface area contributed by atoms with E-state index in [1.54, 1.807) is 4.68 Å². The maximum absolute atomic E-state index is 11.3. The molecule has 0 saturated carbocycles. The molecule has 0 amide bonds. The first-order chi connectivity index (χ1) is 11.6. The van der Waals surface area contributed by atoms with Crippen LogP contribution < -0.4 is 0 Å². The Morgan fingerprint density at radius 3 is 2.33 bits per heavy atom. The quantitative estimate of drug-likeness (QED) is 0.678. The van der Waals surface area contributed by atoms with Crippen molar-refractivity contribution >= 4 is 18.4 Å². The van der Waals surface area contributed by atoms with E-state index in [-0.39, 0.29) is 0 Å². The first-order valence-electron chi connectivity index (χ1n) is 7.82. The maximum atomic E-state index is 11.3. The SMILES string of the molecule is Cc1ccc(/C=C/c2c(C=O)nnn2-c2ccc(C)c(C)c2)cc1. The molecule has 0 bridgehead atoms. The van der Waals surface area contributed by atoms with Crippen molar-refractivity contribution in [1.29, 1.82) is 0 Å². The molecule has 3 aromatic rings. The van der Waals surface area contributed by atoms with Crippen molar-refractivity contribution in [2.75, 3.05) is 0 Å². The van der Waals surface area contributed by atoms with Gasteiger partial charge in [0.25, 0.3) is 0 Å². The zero-order valence-electron chi connectivity index (χ0n) is 14.0. The predicted molar refractivity (Wildman–Crippen MR) is 96.3 cm³/mol. The standard InChI is InChI=1S/C20H19N3O/c1-14-4-7-17(8-5-14)9-11-20-19(13-24)21-22-23(20)18-10-6-15(2)16(3)12-18/h4-13H,1-3H3/b11-9+. The number of rotatable bonds is 4. The highest BCUT2D eigenvalue weighted by molar-refractivity contribution is 5.81. The number of aryl methyl sites for hydroxylation is 3. The third-order valence-corrected chi connectivity index (χ3v) is 4.09. The van der Waals surface area contributed by atoms with E-state index in [4.69, 9.17) is 0 Å². The molecule has 1 heterocycles. The van der Waals surface area contributed by atoms with Crippen LogP contribution in [0.2, 0.25) is 0 Å². The summed E-state index contributed by atoms with van der Waals surface area (Å²) in [6.45, 7) is 6.17. The summed E-state index contributed by atoms with van der Waals surface area (Å²) in [5, 5.41) is 8.12. The lowest BCUT2D eigenvalue weighted by Gasteiger charge is -2.07. The summed E-state index contributed by atoms with van der Waals surface area (Å²) in [6, 6.07) is 14.3. The third-order valence-electron chi connectivity index (χ3n) is 4.09. The minimum absolute atomic E-state index is 0.330. The molecule has 24 heavy (non-hydrogen) atoms. The molecule has 0 fully saturated rings. The zero-order chi connectivity index (χ0) is 17.1. The van der Waals surface area contributed by atoms with Crippen LogP contribution >= 0.6 is 0 Å². The van der Waals surface area contributed by atoms with Crippen LogP contribution in [0, 0.1) is 20.8 Å². The van der Waals surface area contributed by atoms with E-state index < -0.39 is 0 Å². The van der Waals surface area contributed by atoms with Crippen molar-refractivity contribution in [2.24, 2.45) is 0 Å². The monoisotopic (exact) mass is 317 g/mol. The van der Waals surface area contributed by atoms with E-state index in [9.17, 15) is 4.79 Å². The number of benzene rings is 2. The van der Waals surface area contributed by atoms with Gasteiger partial charge in [-0.2, -0.15) is 0 Å². The van der Waals surface area contributed by atoms with Gasteiger partial charge in [0.15, 0.2) is 12.0 Å². The van der Waals surface area contributed by atoms with Crippen LogP contribution in [-0.2, 0) is 0 Å². The Balaban J connectivity index is 2.03. The second-order valence-corrected chi connectivity index (χ2v) is 5.90. The van der Waals surface area contributed by atoms with E-state index in [0.29, 0.717) is 11.4 Å². The molecule has 0 aliphatic heterocycles. The molecule has 0 saturated heterocycles. The molecule has 0 spiro atoms. The van der Waals surface area contributed by atoms with Crippen molar-refractivity contribution in [3.63, 3.8) is 0 Å². The van der Waals surface area contributed by atoms with Gasteiger partial charge in [0, 0.05) is 0 Å². The lowest BCUT2D eigenvalue weighted by atomic mass is 10.1. The number of hydrogen-bond donors (Lipinski definition) is 0. The van der Waals surface area contributed by atoms with Crippen LogP contribution in [0.3, 0.4) is 0 Å². The molecule has 2 aromatic carbocycles. The van der Waals surface area contributed by atoms with Crippen molar-refractivity contribution in [3.05, 3.63) is 76.1 Å². The van der Waals surface area contributed by atoms with Gasteiger partial charge in [-0.3, -0.25) is 4.79 Å². The summed E-state index contributed by atoms with van der Waals surface area (Å²) in [5.74, 6) is 0. The van der Waals surface area contributed by atoms with Crippen LogP contribution in [0.5, 0.6) is 0 Å². The van der Waals surface area contributed by atoms with Gasteiger partial charge in [0.2, 0.25) is 0 Å². The molecule has 0 aliphatic carbocycles. The fraction of sp³-hybridized carbons (Fsp3) is 0.150. The number of hydrogen-bond acceptors (Lipinski definition) is 3. The first-order valence-corrected chi connectivity index (χ1v) is 7.82. The van der Waals surface area contributed by atoms with E-state index >= 15 is 0 Å². The average molecular weight is 317 g/mol. The summed E-state index contributed by atoms with van der Waals surface area (Å²) in [6.07, 6.45) is 4.58. The van der Waals surface area contributed by atoms with Gasteiger partial charge >= 0.3 is 0 Å².